The molecule has 5 nitrogen and oxygen atoms in total. The smallest absolute Gasteiger partial charge is 0.225 e. The van der Waals surface area contributed by atoms with E-state index in [1.807, 2.05) is 6.20 Å². The van der Waals surface area contributed by atoms with Gasteiger partial charge in [0.1, 0.15) is 0 Å². The average Bonchev–Trinajstić information content (AvgIpc) is 3.06. The van der Waals surface area contributed by atoms with Gasteiger partial charge in [-0.2, -0.15) is 0 Å². The van der Waals surface area contributed by atoms with Crippen LogP contribution < -0.4 is 5.32 Å². The molecule has 1 aliphatic heterocycles. The number of imidazole rings is 1. The SMILES string of the molecule is O=C(CCN1CCC(Cc2cnc[nH]2)CC1)Nc1cc(Cl)cc(Cl)c1. The minimum Gasteiger partial charge on any atom is -0.348 e. The molecule has 1 aromatic heterocycles. The molecule has 1 aromatic carbocycles. The second kappa shape index (κ2) is 8.70. The van der Waals surface area contributed by atoms with Crippen LogP contribution in [0.1, 0.15) is 25.0 Å². The third kappa shape index (κ3) is 5.73. The summed E-state index contributed by atoms with van der Waals surface area (Å²) in [6.07, 6.45) is 7.48. The number of piperidine rings is 1. The molecule has 0 saturated carbocycles. The Morgan fingerprint density at radius 1 is 1.24 bits per heavy atom. The van der Waals surface area contributed by atoms with E-state index in [-0.39, 0.29) is 5.91 Å². The van der Waals surface area contributed by atoms with Gasteiger partial charge < -0.3 is 15.2 Å². The van der Waals surface area contributed by atoms with Gasteiger partial charge in [0.2, 0.25) is 5.91 Å². The van der Waals surface area contributed by atoms with E-state index in [4.69, 9.17) is 23.2 Å². The Labute approximate surface area is 157 Å². The molecule has 2 heterocycles. The van der Waals surface area contributed by atoms with Crippen molar-refractivity contribution in [2.45, 2.75) is 25.7 Å². The molecule has 1 amide bonds. The Morgan fingerprint density at radius 3 is 2.60 bits per heavy atom. The molecule has 1 fully saturated rings. The van der Waals surface area contributed by atoms with Crippen LogP contribution in [0.3, 0.4) is 0 Å². The molecule has 0 aliphatic carbocycles. The number of carbonyl (C=O) groups is 1. The summed E-state index contributed by atoms with van der Waals surface area (Å²) in [6.45, 7) is 2.85. The van der Waals surface area contributed by atoms with Gasteiger partial charge in [-0.15, -0.1) is 0 Å². The number of benzene rings is 1. The molecular formula is C18H22Cl2N4O. The summed E-state index contributed by atoms with van der Waals surface area (Å²) in [5.41, 5.74) is 1.85. The number of nitrogens with zero attached hydrogens (tertiary/aromatic N) is 2. The van der Waals surface area contributed by atoms with Gasteiger partial charge >= 0.3 is 0 Å². The van der Waals surface area contributed by atoms with Gasteiger partial charge in [0.25, 0.3) is 0 Å². The van der Waals surface area contributed by atoms with E-state index in [9.17, 15) is 4.79 Å². The summed E-state index contributed by atoms with van der Waals surface area (Å²) in [5, 5.41) is 3.89. The molecule has 0 unspecified atom stereocenters. The van der Waals surface area contributed by atoms with E-state index in [0.717, 1.165) is 38.9 Å². The fraction of sp³-hybridized carbons (Fsp3) is 0.444. The van der Waals surface area contributed by atoms with E-state index >= 15 is 0 Å². The van der Waals surface area contributed by atoms with Gasteiger partial charge in [0.15, 0.2) is 0 Å². The van der Waals surface area contributed by atoms with E-state index in [1.165, 1.54) is 5.69 Å². The average molecular weight is 381 g/mol. The maximum absolute atomic E-state index is 12.1. The molecule has 0 spiro atoms. The number of halogens is 2. The van der Waals surface area contributed by atoms with Crippen LogP contribution >= 0.6 is 23.2 Å². The van der Waals surface area contributed by atoms with Crippen LogP contribution in [0.2, 0.25) is 10.0 Å². The highest BCUT2D eigenvalue weighted by Gasteiger charge is 2.20. The largest absolute Gasteiger partial charge is 0.348 e. The lowest BCUT2D eigenvalue weighted by molar-refractivity contribution is -0.116. The summed E-state index contributed by atoms with van der Waals surface area (Å²) < 4.78 is 0. The van der Waals surface area contributed by atoms with Gasteiger partial charge in [-0.25, -0.2) is 4.98 Å². The molecule has 2 aromatic rings. The van der Waals surface area contributed by atoms with Crippen LogP contribution in [-0.4, -0.2) is 40.4 Å². The number of aromatic amines is 1. The number of rotatable bonds is 6. The van der Waals surface area contributed by atoms with E-state index in [2.05, 4.69) is 20.2 Å². The highest BCUT2D eigenvalue weighted by molar-refractivity contribution is 6.35. The number of nitrogens with one attached hydrogen (secondary N) is 2. The van der Waals surface area contributed by atoms with Crippen molar-refractivity contribution in [2.24, 2.45) is 5.92 Å². The first-order valence-electron chi connectivity index (χ1n) is 8.54. The fourth-order valence-corrected chi connectivity index (χ4v) is 3.76. The zero-order valence-corrected chi connectivity index (χ0v) is 15.5. The molecular weight excluding hydrogens is 359 g/mol. The van der Waals surface area contributed by atoms with Crippen LogP contribution in [0.15, 0.2) is 30.7 Å². The molecule has 0 atom stereocenters. The number of likely N-dealkylation sites (tertiary alicyclic amines) is 1. The molecule has 3 rings (SSSR count). The number of hydrogen-bond acceptors (Lipinski definition) is 3. The Bertz CT molecular complexity index is 677. The van der Waals surface area contributed by atoms with Gasteiger partial charge in [0, 0.05) is 40.6 Å². The number of anilines is 1. The Morgan fingerprint density at radius 2 is 1.96 bits per heavy atom. The first-order valence-corrected chi connectivity index (χ1v) is 9.29. The highest BCUT2D eigenvalue weighted by atomic mass is 35.5. The monoisotopic (exact) mass is 380 g/mol. The first-order chi connectivity index (χ1) is 12.1. The molecule has 134 valence electrons. The number of H-pyrrole nitrogens is 1. The Balaban J connectivity index is 1.38. The first kappa shape index (κ1) is 18.2. The fourth-order valence-electron chi connectivity index (χ4n) is 3.23. The van der Waals surface area contributed by atoms with Gasteiger partial charge in [0.05, 0.1) is 6.33 Å². The normalized spacial score (nSPS) is 16.1. The summed E-state index contributed by atoms with van der Waals surface area (Å²) in [5.74, 6) is 0.678. The number of amides is 1. The van der Waals surface area contributed by atoms with Crippen LogP contribution in [0, 0.1) is 5.92 Å². The molecule has 1 aliphatic rings. The molecule has 2 N–H and O–H groups in total. The summed E-state index contributed by atoms with van der Waals surface area (Å²) >= 11 is 11.9. The highest BCUT2D eigenvalue weighted by Crippen LogP contribution is 2.23. The minimum absolute atomic E-state index is 0.0158. The van der Waals surface area contributed by atoms with Gasteiger partial charge in [-0.1, -0.05) is 23.2 Å². The van der Waals surface area contributed by atoms with E-state index < -0.39 is 0 Å². The van der Waals surface area contributed by atoms with Crippen molar-refractivity contribution in [2.75, 3.05) is 25.0 Å². The third-order valence-corrected chi connectivity index (χ3v) is 5.01. The van der Waals surface area contributed by atoms with Crippen molar-refractivity contribution in [1.82, 2.24) is 14.9 Å². The molecule has 7 heteroatoms. The predicted octanol–water partition coefficient (Wildman–Crippen LogP) is 4.00. The van der Waals surface area contributed by atoms with Crippen molar-refractivity contribution >= 4 is 34.8 Å². The molecule has 0 radical (unpaired) electrons. The van der Waals surface area contributed by atoms with Crippen LogP contribution in [0.25, 0.3) is 0 Å². The Hall–Kier alpha value is -1.56. The lowest BCUT2D eigenvalue weighted by Crippen LogP contribution is -2.36. The third-order valence-electron chi connectivity index (χ3n) is 4.57. The van der Waals surface area contributed by atoms with Crippen molar-refractivity contribution < 1.29 is 4.79 Å². The number of carbonyl (C=O) groups excluding carboxylic acids is 1. The molecule has 25 heavy (non-hydrogen) atoms. The maximum Gasteiger partial charge on any atom is 0.225 e. The Kier molecular flexibility index (Phi) is 6.34. The zero-order chi connectivity index (χ0) is 17.6. The van der Waals surface area contributed by atoms with E-state index in [1.54, 1.807) is 24.5 Å². The minimum atomic E-state index is -0.0158. The predicted molar refractivity (Wildman–Crippen MR) is 101 cm³/mol. The molecule has 1 saturated heterocycles. The van der Waals surface area contributed by atoms with E-state index in [0.29, 0.717) is 28.1 Å². The van der Waals surface area contributed by atoms with Crippen molar-refractivity contribution in [3.63, 3.8) is 0 Å². The second-order valence-corrected chi connectivity index (χ2v) is 7.40. The standard InChI is InChI=1S/C18H22Cl2N4O/c19-14-8-15(20)10-16(9-14)23-18(25)3-6-24-4-1-13(2-5-24)7-17-11-21-12-22-17/h8-13H,1-7H2,(H,21,22)(H,23,25). The second-order valence-electron chi connectivity index (χ2n) is 6.52. The van der Waals surface area contributed by atoms with Crippen LogP contribution in [-0.2, 0) is 11.2 Å². The summed E-state index contributed by atoms with van der Waals surface area (Å²) in [4.78, 5) is 21.7. The van der Waals surface area contributed by atoms with Gasteiger partial charge in [-0.3, -0.25) is 4.79 Å². The lowest BCUT2D eigenvalue weighted by Gasteiger charge is -2.31. The van der Waals surface area contributed by atoms with Crippen LogP contribution in [0.4, 0.5) is 5.69 Å². The van der Waals surface area contributed by atoms with Crippen LogP contribution in [0.5, 0.6) is 0 Å². The van der Waals surface area contributed by atoms with Gasteiger partial charge in [-0.05, 0) is 56.5 Å². The molecule has 0 bridgehead atoms. The topological polar surface area (TPSA) is 61.0 Å². The lowest BCUT2D eigenvalue weighted by atomic mass is 9.92. The zero-order valence-electron chi connectivity index (χ0n) is 14.0. The van der Waals surface area contributed by atoms with Crippen molar-refractivity contribution in [3.05, 3.63) is 46.5 Å². The quantitative estimate of drug-likeness (QED) is 0.795. The van der Waals surface area contributed by atoms with Crippen molar-refractivity contribution in [1.29, 1.82) is 0 Å². The maximum atomic E-state index is 12.1. The number of hydrogen-bond donors (Lipinski definition) is 2. The summed E-state index contributed by atoms with van der Waals surface area (Å²) in [6, 6.07) is 5.05. The van der Waals surface area contributed by atoms with Crippen molar-refractivity contribution in [3.8, 4) is 0 Å². The summed E-state index contributed by atoms with van der Waals surface area (Å²) in [7, 11) is 0. The number of aromatic nitrogens is 2.